The topological polar surface area (TPSA) is 126 Å². The molecule has 1 saturated heterocycles. The first-order valence-corrected chi connectivity index (χ1v) is 9.17. The second-order valence-corrected chi connectivity index (χ2v) is 6.86. The monoisotopic (exact) mass is 379 g/mol. The molecule has 27 heavy (non-hydrogen) atoms. The van der Waals surface area contributed by atoms with E-state index in [-0.39, 0.29) is 30.9 Å². The molecule has 0 spiro atoms. The molecule has 10 nitrogen and oxygen atoms in total. The third kappa shape index (κ3) is 5.19. The van der Waals surface area contributed by atoms with Crippen molar-refractivity contribution >= 4 is 17.9 Å². The number of cyclic esters (lactones) is 1. The Kier molecular flexibility index (Phi) is 6.28. The second kappa shape index (κ2) is 8.85. The molecule has 10 heteroatoms. The van der Waals surface area contributed by atoms with Gasteiger partial charge in [-0.2, -0.15) is 5.10 Å². The molecule has 0 bridgehead atoms. The predicted molar refractivity (Wildman–Crippen MR) is 93.4 cm³/mol. The average Bonchev–Trinajstić information content (AvgIpc) is 3.36. The Labute approximate surface area is 156 Å². The lowest BCUT2D eigenvalue weighted by Crippen LogP contribution is -2.45. The number of nitrogens with one attached hydrogen (secondary N) is 2. The van der Waals surface area contributed by atoms with Crippen LogP contribution in [0.2, 0.25) is 0 Å². The lowest BCUT2D eigenvalue weighted by atomic mass is 10.1. The Bertz CT molecular complexity index is 665. The van der Waals surface area contributed by atoms with Gasteiger partial charge in [0.1, 0.15) is 13.2 Å². The van der Waals surface area contributed by atoms with E-state index in [1.165, 1.54) is 4.90 Å². The number of hydrogen-bond acceptors (Lipinski definition) is 6. The number of aliphatic hydroxyl groups excluding tert-OH is 1. The molecule has 148 valence electrons. The van der Waals surface area contributed by atoms with Crippen molar-refractivity contribution in [2.75, 3.05) is 26.2 Å². The second-order valence-electron chi connectivity index (χ2n) is 6.86. The molecule has 3 atom stereocenters. The predicted octanol–water partition coefficient (Wildman–Crippen LogP) is -0.903. The summed E-state index contributed by atoms with van der Waals surface area (Å²) in [5.41, 5.74) is 0. The summed E-state index contributed by atoms with van der Waals surface area (Å²) in [4.78, 5) is 37.0. The number of aliphatic hydroxyl groups is 1. The Morgan fingerprint density at radius 2 is 2.22 bits per heavy atom. The van der Waals surface area contributed by atoms with Crippen LogP contribution in [-0.4, -0.2) is 76.1 Å². The zero-order chi connectivity index (χ0) is 19.2. The maximum absolute atomic E-state index is 12.3. The fourth-order valence-electron chi connectivity index (χ4n) is 3.41. The Balaban J connectivity index is 1.37. The van der Waals surface area contributed by atoms with E-state index in [0.29, 0.717) is 25.9 Å². The van der Waals surface area contributed by atoms with Crippen molar-refractivity contribution in [3.05, 3.63) is 18.5 Å². The minimum Gasteiger partial charge on any atom is -0.448 e. The van der Waals surface area contributed by atoms with Crippen molar-refractivity contribution in [2.24, 2.45) is 5.92 Å². The molecular formula is C17H25N5O5. The van der Waals surface area contributed by atoms with E-state index in [0.717, 1.165) is 13.0 Å². The Hall–Kier alpha value is -2.62. The van der Waals surface area contributed by atoms with Crippen LogP contribution in [0.4, 0.5) is 4.79 Å². The van der Waals surface area contributed by atoms with Gasteiger partial charge in [-0.05, 0) is 25.3 Å². The Morgan fingerprint density at radius 3 is 2.93 bits per heavy atom. The highest BCUT2D eigenvalue weighted by atomic mass is 16.6. The first-order valence-electron chi connectivity index (χ1n) is 9.17. The van der Waals surface area contributed by atoms with E-state index < -0.39 is 18.2 Å². The van der Waals surface area contributed by atoms with Crippen LogP contribution in [0.15, 0.2) is 18.5 Å². The molecule has 2 fully saturated rings. The molecule has 1 aliphatic carbocycles. The van der Waals surface area contributed by atoms with Crippen molar-refractivity contribution in [2.45, 2.75) is 38.0 Å². The molecule has 0 radical (unpaired) electrons. The van der Waals surface area contributed by atoms with E-state index in [1.807, 2.05) is 12.3 Å². The minimum absolute atomic E-state index is 0.105. The number of rotatable bonds is 8. The lowest BCUT2D eigenvalue weighted by Gasteiger charge is -2.18. The number of aryl methyl sites for hydroxylation is 1. The summed E-state index contributed by atoms with van der Waals surface area (Å²) in [6, 6.07) is 1.36. The Morgan fingerprint density at radius 1 is 1.37 bits per heavy atom. The van der Waals surface area contributed by atoms with Crippen molar-refractivity contribution in [3.63, 3.8) is 0 Å². The zero-order valence-corrected chi connectivity index (χ0v) is 15.0. The van der Waals surface area contributed by atoms with E-state index in [1.54, 1.807) is 10.9 Å². The van der Waals surface area contributed by atoms with Gasteiger partial charge in [0.2, 0.25) is 11.8 Å². The van der Waals surface area contributed by atoms with Gasteiger partial charge in [0.05, 0.1) is 18.7 Å². The molecule has 3 rings (SSSR count). The number of nitrogens with zero attached hydrogens (tertiary/aromatic N) is 3. The van der Waals surface area contributed by atoms with Crippen LogP contribution >= 0.6 is 0 Å². The van der Waals surface area contributed by atoms with Crippen LogP contribution in [0.1, 0.15) is 19.3 Å². The van der Waals surface area contributed by atoms with Gasteiger partial charge in [-0.1, -0.05) is 0 Å². The number of ether oxygens (including phenoxy) is 1. The average molecular weight is 379 g/mol. The SMILES string of the molecule is O=C(CN1CCOC1=O)N[C@H]1C[C@H](C(=O)NCCCn2cccn2)C[C@@H]1O. The van der Waals surface area contributed by atoms with Crippen LogP contribution in [0, 0.1) is 5.92 Å². The minimum atomic E-state index is -0.778. The summed E-state index contributed by atoms with van der Waals surface area (Å²) in [5, 5.41) is 19.8. The van der Waals surface area contributed by atoms with Crippen LogP contribution in [0.5, 0.6) is 0 Å². The van der Waals surface area contributed by atoms with Crippen LogP contribution in [0.25, 0.3) is 0 Å². The highest BCUT2D eigenvalue weighted by Gasteiger charge is 2.38. The van der Waals surface area contributed by atoms with E-state index in [2.05, 4.69) is 15.7 Å². The van der Waals surface area contributed by atoms with Crippen LogP contribution in [0.3, 0.4) is 0 Å². The molecule has 3 amide bonds. The molecule has 1 saturated carbocycles. The summed E-state index contributed by atoms with van der Waals surface area (Å²) in [6.45, 7) is 1.80. The summed E-state index contributed by atoms with van der Waals surface area (Å²) in [6.07, 6.45) is 3.73. The maximum atomic E-state index is 12.3. The third-order valence-electron chi connectivity index (χ3n) is 4.85. The number of amides is 3. The first-order chi connectivity index (χ1) is 13.0. The number of carbonyl (C=O) groups excluding carboxylic acids is 3. The summed E-state index contributed by atoms with van der Waals surface area (Å²) in [5.74, 6) is -0.820. The molecule has 3 N–H and O–H groups in total. The summed E-state index contributed by atoms with van der Waals surface area (Å²) < 4.78 is 6.57. The van der Waals surface area contributed by atoms with Gasteiger partial charge in [0.25, 0.3) is 0 Å². The van der Waals surface area contributed by atoms with Crippen molar-refractivity contribution < 1.29 is 24.2 Å². The van der Waals surface area contributed by atoms with Gasteiger partial charge < -0.3 is 20.5 Å². The van der Waals surface area contributed by atoms with Crippen molar-refractivity contribution in [1.29, 1.82) is 0 Å². The molecule has 0 unspecified atom stereocenters. The molecule has 1 aliphatic heterocycles. The number of hydrogen-bond donors (Lipinski definition) is 3. The lowest BCUT2D eigenvalue weighted by molar-refractivity contribution is -0.125. The molecular weight excluding hydrogens is 354 g/mol. The molecule has 1 aromatic heterocycles. The van der Waals surface area contributed by atoms with Gasteiger partial charge in [0, 0.05) is 31.4 Å². The van der Waals surface area contributed by atoms with E-state index in [4.69, 9.17) is 4.74 Å². The normalized spacial score (nSPS) is 24.7. The number of aromatic nitrogens is 2. The van der Waals surface area contributed by atoms with Crippen molar-refractivity contribution in [3.8, 4) is 0 Å². The van der Waals surface area contributed by atoms with Crippen molar-refractivity contribution in [1.82, 2.24) is 25.3 Å². The molecule has 1 aromatic rings. The highest BCUT2D eigenvalue weighted by molar-refractivity contribution is 5.83. The molecule has 0 aromatic carbocycles. The number of carbonyl (C=O) groups is 3. The largest absolute Gasteiger partial charge is 0.448 e. The fourth-order valence-corrected chi connectivity index (χ4v) is 3.41. The quantitative estimate of drug-likeness (QED) is 0.503. The summed E-state index contributed by atoms with van der Waals surface area (Å²) in [7, 11) is 0. The smallest absolute Gasteiger partial charge is 0.410 e. The fraction of sp³-hybridized carbons (Fsp3) is 0.647. The molecule has 2 heterocycles. The van der Waals surface area contributed by atoms with Gasteiger partial charge in [-0.15, -0.1) is 0 Å². The van der Waals surface area contributed by atoms with Gasteiger partial charge in [-0.25, -0.2) is 4.79 Å². The third-order valence-corrected chi connectivity index (χ3v) is 4.85. The first kappa shape index (κ1) is 19.2. The van der Waals surface area contributed by atoms with E-state index in [9.17, 15) is 19.5 Å². The van der Waals surface area contributed by atoms with Gasteiger partial charge >= 0.3 is 6.09 Å². The van der Waals surface area contributed by atoms with Gasteiger partial charge in [0.15, 0.2) is 0 Å². The van der Waals surface area contributed by atoms with Crippen LogP contribution < -0.4 is 10.6 Å². The standard InChI is InChI=1S/C17H25N5O5/c23-14-10-12(16(25)18-3-1-5-22-6-2-4-19-22)9-13(14)20-15(24)11-21-7-8-27-17(21)26/h2,4,6,12-14,23H,1,3,5,7-11H2,(H,18,25)(H,20,24)/t12-,13-,14-/m0/s1. The summed E-state index contributed by atoms with van der Waals surface area (Å²) >= 11 is 0. The van der Waals surface area contributed by atoms with E-state index >= 15 is 0 Å². The zero-order valence-electron chi connectivity index (χ0n) is 15.0. The molecule has 2 aliphatic rings. The van der Waals surface area contributed by atoms with Crippen LogP contribution in [-0.2, 0) is 20.9 Å². The highest BCUT2D eigenvalue weighted by Crippen LogP contribution is 2.26. The maximum Gasteiger partial charge on any atom is 0.410 e. The van der Waals surface area contributed by atoms with Gasteiger partial charge in [-0.3, -0.25) is 19.2 Å².